The molecular formula is C49H35NSe. The van der Waals surface area contributed by atoms with Crippen LogP contribution in [0.3, 0.4) is 0 Å². The minimum atomic E-state index is -0.0884. The maximum atomic E-state index is 2.44. The van der Waals surface area contributed by atoms with E-state index in [-0.39, 0.29) is 5.41 Å². The SMILES string of the molecule is CC1(C)c2ccccc2-c2ccc(N(c3cccc(-c4ccccc4)c3)c3cccc(-c4ccc5[se]c6c7ccccc7ccc6c5c4)c3)cc21. The molecule has 51 heavy (non-hydrogen) atoms. The van der Waals surface area contributed by atoms with Gasteiger partial charge in [0.1, 0.15) is 0 Å². The molecule has 8 aromatic carbocycles. The number of anilines is 3. The van der Waals surface area contributed by atoms with E-state index in [1.165, 1.54) is 74.6 Å². The quantitative estimate of drug-likeness (QED) is 0.160. The van der Waals surface area contributed by atoms with Crippen molar-refractivity contribution in [3.8, 4) is 33.4 Å². The Kier molecular flexibility index (Phi) is 6.93. The van der Waals surface area contributed by atoms with Crippen LogP contribution in [0.1, 0.15) is 25.0 Å². The average Bonchev–Trinajstić information content (AvgIpc) is 3.67. The van der Waals surface area contributed by atoms with Crippen LogP contribution in [-0.4, -0.2) is 14.5 Å². The fourth-order valence-electron chi connectivity index (χ4n) is 8.24. The molecule has 9 aromatic rings. The summed E-state index contributed by atoms with van der Waals surface area (Å²) in [5, 5.41) is 5.49. The molecule has 242 valence electrons. The van der Waals surface area contributed by atoms with Crippen LogP contribution in [0.2, 0.25) is 0 Å². The van der Waals surface area contributed by atoms with Gasteiger partial charge in [0.15, 0.2) is 0 Å². The summed E-state index contributed by atoms with van der Waals surface area (Å²) in [4.78, 5) is 2.44. The van der Waals surface area contributed by atoms with Crippen LogP contribution < -0.4 is 4.90 Å². The molecule has 0 saturated heterocycles. The van der Waals surface area contributed by atoms with E-state index in [4.69, 9.17) is 0 Å². The van der Waals surface area contributed by atoms with Gasteiger partial charge in [0.05, 0.1) is 0 Å². The first-order valence-electron chi connectivity index (χ1n) is 17.7. The first-order valence-corrected chi connectivity index (χ1v) is 19.4. The van der Waals surface area contributed by atoms with Gasteiger partial charge in [0.2, 0.25) is 0 Å². The number of benzene rings is 8. The Morgan fingerprint density at radius 3 is 1.88 bits per heavy atom. The van der Waals surface area contributed by atoms with E-state index < -0.39 is 0 Å². The molecule has 0 amide bonds. The van der Waals surface area contributed by atoms with Crippen molar-refractivity contribution < 1.29 is 0 Å². The fraction of sp³-hybridized carbons (Fsp3) is 0.0612. The van der Waals surface area contributed by atoms with Crippen LogP contribution in [0.25, 0.3) is 63.4 Å². The van der Waals surface area contributed by atoms with Gasteiger partial charge in [0.25, 0.3) is 0 Å². The summed E-state index contributed by atoms with van der Waals surface area (Å²) in [6.45, 7) is 4.72. The Morgan fingerprint density at radius 1 is 0.412 bits per heavy atom. The second-order valence-electron chi connectivity index (χ2n) is 14.2. The minimum absolute atomic E-state index is 0.0884. The van der Waals surface area contributed by atoms with Crippen molar-refractivity contribution in [3.05, 3.63) is 187 Å². The number of hydrogen-bond acceptors (Lipinski definition) is 1. The third-order valence-corrected chi connectivity index (χ3v) is 13.4. The van der Waals surface area contributed by atoms with Crippen molar-refractivity contribution in [2.75, 3.05) is 4.90 Å². The standard InChI is InChI=1S/C49H35NSe/c1-49(2)45-21-9-8-20-41(45)42-26-24-39(31-46(42)49)50(37-17-10-15-34(28-37)32-12-4-3-5-13-32)38-18-11-16-35(29-38)36-23-27-47-44(30-36)43-25-22-33-14-6-7-19-40(33)48(43)51-47/h3-31H,1-2H3. The zero-order valence-electron chi connectivity index (χ0n) is 28.6. The summed E-state index contributed by atoms with van der Waals surface area (Å²) in [5.41, 5.74) is 13.7. The third-order valence-electron chi connectivity index (χ3n) is 10.8. The van der Waals surface area contributed by atoms with E-state index in [0.717, 1.165) is 17.1 Å². The summed E-state index contributed by atoms with van der Waals surface area (Å²) in [6, 6.07) is 65.2. The molecule has 2 heteroatoms. The Bertz CT molecular complexity index is 2790. The Hall–Kier alpha value is -5.66. The monoisotopic (exact) mass is 717 g/mol. The fourth-order valence-corrected chi connectivity index (χ4v) is 10.8. The van der Waals surface area contributed by atoms with Gasteiger partial charge in [-0.3, -0.25) is 0 Å². The summed E-state index contributed by atoms with van der Waals surface area (Å²) in [5.74, 6) is 0. The van der Waals surface area contributed by atoms with E-state index in [1.807, 2.05) is 0 Å². The second-order valence-corrected chi connectivity index (χ2v) is 16.4. The third kappa shape index (κ3) is 4.90. The van der Waals surface area contributed by atoms with Crippen LogP contribution >= 0.6 is 0 Å². The van der Waals surface area contributed by atoms with Crippen molar-refractivity contribution in [3.63, 3.8) is 0 Å². The van der Waals surface area contributed by atoms with E-state index in [9.17, 15) is 0 Å². The van der Waals surface area contributed by atoms with Crippen molar-refractivity contribution in [2.24, 2.45) is 0 Å². The molecule has 1 aliphatic rings. The molecule has 0 fully saturated rings. The van der Waals surface area contributed by atoms with Crippen molar-refractivity contribution >= 4 is 61.6 Å². The molecule has 0 bridgehead atoms. The van der Waals surface area contributed by atoms with E-state index >= 15 is 0 Å². The zero-order valence-corrected chi connectivity index (χ0v) is 30.3. The van der Waals surface area contributed by atoms with E-state index in [2.05, 4.69) is 195 Å². The van der Waals surface area contributed by atoms with Crippen LogP contribution in [-0.2, 0) is 5.41 Å². The summed E-state index contributed by atoms with van der Waals surface area (Å²) >= 11 is 0.299. The van der Waals surface area contributed by atoms with Crippen molar-refractivity contribution in [2.45, 2.75) is 19.3 Å². The molecule has 0 saturated carbocycles. The predicted molar refractivity (Wildman–Crippen MR) is 219 cm³/mol. The molecule has 1 aromatic heterocycles. The van der Waals surface area contributed by atoms with Crippen LogP contribution in [0.4, 0.5) is 17.1 Å². The molecule has 1 nitrogen and oxygen atoms in total. The van der Waals surface area contributed by atoms with Crippen LogP contribution in [0.5, 0.6) is 0 Å². The molecule has 0 atom stereocenters. The molecular weight excluding hydrogens is 682 g/mol. The molecule has 0 aliphatic heterocycles. The Balaban J connectivity index is 1.13. The molecule has 1 heterocycles. The predicted octanol–water partition coefficient (Wildman–Crippen LogP) is 13.3. The van der Waals surface area contributed by atoms with Gasteiger partial charge in [-0.1, -0.05) is 68.4 Å². The molecule has 0 N–H and O–H groups in total. The number of nitrogens with zero attached hydrogens (tertiary/aromatic N) is 1. The van der Waals surface area contributed by atoms with Gasteiger partial charge < -0.3 is 0 Å². The Morgan fingerprint density at radius 2 is 1.06 bits per heavy atom. The first kappa shape index (κ1) is 30.2. The summed E-state index contributed by atoms with van der Waals surface area (Å²) < 4.78 is 2.97. The molecule has 10 rings (SSSR count). The van der Waals surface area contributed by atoms with Gasteiger partial charge in [-0.15, -0.1) is 0 Å². The van der Waals surface area contributed by atoms with Gasteiger partial charge in [0, 0.05) is 0 Å². The van der Waals surface area contributed by atoms with Gasteiger partial charge in [-0.05, 0) is 11.1 Å². The van der Waals surface area contributed by atoms with Crippen LogP contribution in [0.15, 0.2) is 176 Å². The number of rotatable bonds is 5. The number of hydrogen-bond donors (Lipinski definition) is 0. The summed E-state index contributed by atoms with van der Waals surface area (Å²) in [7, 11) is 0. The summed E-state index contributed by atoms with van der Waals surface area (Å²) in [6.07, 6.45) is 0. The van der Waals surface area contributed by atoms with Gasteiger partial charge in [-0.2, -0.15) is 0 Å². The second kappa shape index (κ2) is 11.7. The average molecular weight is 717 g/mol. The van der Waals surface area contributed by atoms with Crippen LogP contribution in [0, 0.1) is 0 Å². The van der Waals surface area contributed by atoms with Crippen molar-refractivity contribution in [1.82, 2.24) is 0 Å². The van der Waals surface area contributed by atoms with Crippen molar-refractivity contribution in [1.29, 1.82) is 0 Å². The molecule has 1 aliphatic carbocycles. The maximum absolute atomic E-state index is 2.44. The molecule has 0 radical (unpaired) electrons. The normalized spacial score (nSPS) is 13.1. The van der Waals surface area contributed by atoms with E-state index in [1.54, 1.807) is 0 Å². The molecule has 0 spiro atoms. The van der Waals surface area contributed by atoms with Gasteiger partial charge in [-0.25, -0.2) is 0 Å². The molecule has 0 unspecified atom stereocenters. The van der Waals surface area contributed by atoms with E-state index in [0.29, 0.717) is 14.5 Å². The van der Waals surface area contributed by atoms with Gasteiger partial charge >= 0.3 is 227 Å². The topological polar surface area (TPSA) is 3.24 Å². The Labute approximate surface area is 304 Å². The zero-order chi connectivity index (χ0) is 34.1. The first-order chi connectivity index (χ1) is 25.0. The number of fused-ring (bicyclic) bond motifs is 8.